The molecule has 0 aliphatic rings. The van der Waals surface area contributed by atoms with Crippen LogP contribution in [0.15, 0.2) is 29.6 Å². The maximum Gasteiger partial charge on any atom is 0.191 e. The van der Waals surface area contributed by atoms with Crippen molar-refractivity contribution in [1.29, 1.82) is 0 Å². The van der Waals surface area contributed by atoms with Crippen molar-refractivity contribution >= 4 is 33.8 Å². The van der Waals surface area contributed by atoms with Crippen LogP contribution in [0.2, 0.25) is 5.15 Å². The van der Waals surface area contributed by atoms with Gasteiger partial charge in [-0.15, -0.1) is 11.3 Å². The monoisotopic (exact) mass is 252 g/mol. The number of anilines is 2. The minimum atomic E-state index is 0.561. The molecule has 0 atom stereocenters. The molecule has 0 aliphatic heterocycles. The van der Waals surface area contributed by atoms with E-state index in [1.54, 1.807) is 11.3 Å². The number of aromatic nitrogens is 1. The predicted molar refractivity (Wildman–Crippen MR) is 71.0 cm³/mol. The van der Waals surface area contributed by atoms with Crippen LogP contribution in [0.25, 0.3) is 0 Å². The van der Waals surface area contributed by atoms with Crippen LogP contribution >= 0.6 is 22.9 Å². The summed E-state index contributed by atoms with van der Waals surface area (Å²) < 4.78 is 0. The second kappa shape index (κ2) is 4.85. The van der Waals surface area contributed by atoms with Gasteiger partial charge >= 0.3 is 0 Å². The Kier molecular flexibility index (Phi) is 3.46. The van der Waals surface area contributed by atoms with Gasteiger partial charge in [0.2, 0.25) is 0 Å². The quantitative estimate of drug-likeness (QED) is 0.811. The van der Waals surface area contributed by atoms with E-state index in [0.717, 1.165) is 17.4 Å². The summed E-state index contributed by atoms with van der Waals surface area (Å²) in [6, 6.07) is 8.42. The highest BCUT2D eigenvalue weighted by atomic mass is 35.5. The van der Waals surface area contributed by atoms with E-state index in [1.807, 2.05) is 5.38 Å². The van der Waals surface area contributed by atoms with Gasteiger partial charge in [-0.25, -0.2) is 4.98 Å². The first-order valence-electron chi connectivity index (χ1n) is 5.16. The molecule has 84 valence electrons. The van der Waals surface area contributed by atoms with Crippen molar-refractivity contribution in [1.82, 2.24) is 4.98 Å². The predicted octanol–water partition coefficient (Wildman–Crippen LogP) is 4.26. The van der Waals surface area contributed by atoms with E-state index in [0.29, 0.717) is 5.15 Å². The third-order valence-corrected chi connectivity index (χ3v) is 3.54. The Morgan fingerprint density at radius 2 is 2.00 bits per heavy atom. The molecule has 0 spiro atoms. The highest BCUT2D eigenvalue weighted by Crippen LogP contribution is 2.29. The molecule has 1 aromatic carbocycles. The van der Waals surface area contributed by atoms with Crippen molar-refractivity contribution in [2.75, 3.05) is 11.4 Å². The van der Waals surface area contributed by atoms with Crippen LogP contribution in [0, 0.1) is 6.92 Å². The number of hydrogen-bond acceptors (Lipinski definition) is 3. The summed E-state index contributed by atoms with van der Waals surface area (Å²) in [6.45, 7) is 5.07. The zero-order chi connectivity index (χ0) is 11.5. The lowest BCUT2D eigenvalue weighted by molar-refractivity contribution is 1.01. The van der Waals surface area contributed by atoms with Gasteiger partial charge in [0.05, 0.1) is 0 Å². The molecule has 0 N–H and O–H groups in total. The second-order valence-corrected chi connectivity index (χ2v) is 4.76. The van der Waals surface area contributed by atoms with Crippen LogP contribution in [-0.4, -0.2) is 11.5 Å². The molecule has 2 rings (SSSR count). The number of aryl methyl sites for hydroxylation is 1. The standard InChI is InChI=1S/C12H13ClN2S/c1-3-15(12-14-11(13)8-16-12)10-6-4-9(2)5-7-10/h4-8H,3H2,1-2H3. The summed E-state index contributed by atoms with van der Waals surface area (Å²) in [5.74, 6) is 0. The molecule has 0 saturated carbocycles. The van der Waals surface area contributed by atoms with Gasteiger partial charge in [0.25, 0.3) is 0 Å². The first-order chi connectivity index (χ1) is 7.70. The Morgan fingerprint density at radius 1 is 1.31 bits per heavy atom. The molecule has 0 amide bonds. The zero-order valence-electron chi connectivity index (χ0n) is 9.27. The van der Waals surface area contributed by atoms with Crippen molar-refractivity contribution in [3.63, 3.8) is 0 Å². The van der Waals surface area contributed by atoms with Crippen molar-refractivity contribution in [3.05, 3.63) is 40.4 Å². The van der Waals surface area contributed by atoms with E-state index >= 15 is 0 Å². The molecule has 0 unspecified atom stereocenters. The fourth-order valence-electron chi connectivity index (χ4n) is 1.52. The average Bonchev–Trinajstić information content (AvgIpc) is 2.69. The van der Waals surface area contributed by atoms with E-state index in [-0.39, 0.29) is 0 Å². The van der Waals surface area contributed by atoms with Crippen LogP contribution in [0.3, 0.4) is 0 Å². The summed E-state index contributed by atoms with van der Waals surface area (Å²) in [5, 5.41) is 3.36. The van der Waals surface area contributed by atoms with Crippen molar-refractivity contribution < 1.29 is 0 Å². The van der Waals surface area contributed by atoms with Gasteiger partial charge in [-0.3, -0.25) is 0 Å². The minimum Gasteiger partial charge on any atom is -0.318 e. The van der Waals surface area contributed by atoms with Crippen molar-refractivity contribution in [2.45, 2.75) is 13.8 Å². The molecule has 0 aliphatic carbocycles. The van der Waals surface area contributed by atoms with Crippen LogP contribution in [0.5, 0.6) is 0 Å². The number of nitrogens with zero attached hydrogens (tertiary/aromatic N) is 2. The number of hydrogen-bond donors (Lipinski definition) is 0. The average molecular weight is 253 g/mol. The van der Waals surface area contributed by atoms with Gasteiger partial charge in [-0.2, -0.15) is 0 Å². The number of halogens is 1. The van der Waals surface area contributed by atoms with E-state index in [9.17, 15) is 0 Å². The minimum absolute atomic E-state index is 0.561. The molecule has 1 heterocycles. The summed E-state index contributed by atoms with van der Waals surface area (Å²) >= 11 is 7.41. The first-order valence-corrected chi connectivity index (χ1v) is 6.41. The van der Waals surface area contributed by atoms with E-state index in [4.69, 9.17) is 11.6 Å². The van der Waals surface area contributed by atoms with Crippen molar-refractivity contribution in [2.24, 2.45) is 0 Å². The fraction of sp³-hybridized carbons (Fsp3) is 0.250. The molecule has 2 aromatic rings. The van der Waals surface area contributed by atoms with Crippen LogP contribution < -0.4 is 4.90 Å². The van der Waals surface area contributed by atoms with E-state index < -0.39 is 0 Å². The van der Waals surface area contributed by atoms with Gasteiger partial charge in [-0.1, -0.05) is 29.3 Å². The summed E-state index contributed by atoms with van der Waals surface area (Å²) in [7, 11) is 0. The van der Waals surface area contributed by atoms with Gasteiger partial charge in [-0.05, 0) is 26.0 Å². The maximum absolute atomic E-state index is 5.85. The molecular weight excluding hydrogens is 240 g/mol. The number of rotatable bonds is 3. The van der Waals surface area contributed by atoms with Crippen LogP contribution in [0.4, 0.5) is 10.8 Å². The van der Waals surface area contributed by atoms with Crippen LogP contribution in [0.1, 0.15) is 12.5 Å². The van der Waals surface area contributed by atoms with Gasteiger partial charge in [0.15, 0.2) is 5.13 Å². The first kappa shape index (κ1) is 11.4. The second-order valence-electron chi connectivity index (χ2n) is 3.53. The van der Waals surface area contributed by atoms with E-state index in [2.05, 4.69) is 48.0 Å². The molecule has 4 heteroatoms. The largest absolute Gasteiger partial charge is 0.318 e. The summed E-state index contributed by atoms with van der Waals surface area (Å²) in [5.41, 5.74) is 2.41. The summed E-state index contributed by atoms with van der Waals surface area (Å²) in [6.07, 6.45) is 0. The molecular formula is C12H13ClN2S. The molecule has 0 radical (unpaired) electrons. The van der Waals surface area contributed by atoms with Gasteiger partial charge < -0.3 is 4.90 Å². The van der Waals surface area contributed by atoms with Crippen molar-refractivity contribution in [3.8, 4) is 0 Å². The third kappa shape index (κ3) is 2.36. The van der Waals surface area contributed by atoms with E-state index in [1.165, 1.54) is 5.56 Å². The molecule has 1 aromatic heterocycles. The lowest BCUT2D eigenvalue weighted by Crippen LogP contribution is -2.15. The third-order valence-electron chi connectivity index (χ3n) is 2.36. The molecule has 16 heavy (non-hydrogen) atoms. The molecule has 0 saturated heterocycles. The summed E-state index contributed by atoms with van der Waals surface area (Å²) in [4.78, 5) is 6.44. The lowest BCUT2D eigenvalue weighted by Gasteiger charge is -2.19. The smallest absolute Gasteiger partial charge is 0.191 e. The number of thiazole rings is 1. The Hall–Kier alpha value is -1.06. The maximum atomic E-state index is 5.85. The molecule has 0 bridgehead atoms. The fourth-order valence-corrected chi connectivity index (χ4v) is 2.55. The Labute approximate surface area is 105 Å². The Balaban J connectivity index is 2.32. The topological polar surface area (TPSA) is 16.1 Å². The number of benzene rings is 1. The lowest BCUT2D eigenvalue weighted by atomic mass is 10.2. The highest BCUT2D eigenvalue weighted by molar-refractivity contribution is 7.14. The van der Waals surface area contributed by atoms with Gasteiger partial charge in [0.1, 0.15) is 5.15 Å². The highest BCUT2D eigenvalue weighted by Gasteiger charge is 2.10. The molecule has 2 nitrogen and oxygen atoms in total. The zero-order valence-corrected chi connectivity index (χ0v) is 10.8. The molecule has 0 fully saturated rings. The van der Waals surface area contributed by atoms with Gasteiger partial charge in [0, 0.05) is 17.6 Å². The van der Waals surface area contributed by atoms with Crippen LogP contribution in [-0.2, 0) is 0 Å². The normalized spacial score (nSPS) is 10.4. The Morgan fingerprint density at radius 3 is 2.50 bits per heavy atom. The SMILES string of the molecule is CCN(c1ccc(C)cc1)c1nc(Cl)cs1. The Bertz CT molecular complexity index is 464.